The number of sulfone groups is 1. The highest BCUT2D eigenvalue weighted by molar-refractivity contribution is 7.92. The summed E-state index contributed by atoms with van der Waals surface area (Å²) in [6.07, 6.45) is 3.23. The molecule has 0 atom stereocenters. The van der Waals surface area contributed by atoms with Gasteiger partial charge >= 0.3 is 6.61 Å². The van der Waals surface area contributed by atoms with Gasteiger partial charge in [-0.25, -0.2) is 8.42 Å². The summed E-state index contributed by atoms with van der Waals surface area (Å²) < 4.78 is 53.6. The van der Waals surface area contributed by atoms with Crippen molar-refractivity contribution in [2.45, 2.75) is 42.4 Å². The Morgan fingerprint density at radius 3 is 2.15 bits per heavy atom. The zero-order chi connectivity index (χ0) is 19.4. The molecule has 0 unspecified atom stereocenters. The molecule has 0 radical (unpaired) electrons. The summed E-state index contributed by atoms with van der Waals surface area (Å²) in [6, 6.07) is 11.3. The van der Waals surface area contributed by atoms with Crippen LogP contribution in [0.1, 0.15) is 36.0 Å². The van der Waals surface area contributed by atoms with Crippen LogP contribution in [0.4, 0.5) is 14.5 Å². The van der Waals surface area contributed by atoms with Crippen molar-refractivity contribution in [3.8, 4) is 5.75 Å². The fourth-order valence-corrected chi connectivity index (χ4v) is 4.96. The third-order valence-electron chi connectivity index (χ3n) is 4.52. The van der Waals surface area contributed by atoms with Gasteiger partial charge in [-0.05, 0) is 61.4 Å². The molecular formula is C19H19F2NO4S. The predicted molar refractivity (Wildman–Crippen MR) is 96.9 cm³/mol. The minimum absolute atomic E-state index is 0.0389. The number of hydrogen-bond acceptors (Lipinski definition) is 4. The van der Waals surface area contributed by atoms with Crippen LogP contribution in [0.25, 0.3) is 0 Å². The lowest BCUT2D eigenvalue weighted by molar-refractivity contribution is -0.0498. The number of hydrogen-bond donors (Lipinski definition) is 1. The van der Waals surface area contributed by atoms with Gasteiger partial charge in [0, 0.05) is 11.3 Å². The molecule has 2 aromatic rings. The summed E-state index contributed by atoms with van der Waals surface area (Å²) in [7, 11) is -3.34. The van der Waals surface area contributed by atoms with E-state index in [0.29, 0.717) is 18.5 Å². The van der Waals surface area contributed by atoms with Gasteiger partial charge in [0.1, 0.15) is 5.75 Å². The second-order valence-electron chi connectivity index (χ2n) is 6.33. The first-order chi connectivity index (χ1) is 12.9. The van der Waals surface area contributed by atoms with Crippen molar-refractivity contribution in [1.29, 1.82) is 0 Å². The van der Waals surface area contributed by atoms with Crippen molar-refractivity contribution in [1.82, 2.24) is 0 Å². The van der Waals surface area contributed by atoms with Crippen LogP contribution in [-0.4, -0.2) is 26.2 Å². The summed E-state index contributed by atoms with van der Waals surface area (Å²) in [5, 5.41) is 2.32. The van der Waals surface area contributed by atoms with Crippen molar-refractivity contribution in [2.75, 3.05) is 5.32 Å². The fraction of sp³-hybridized carbons (Fsp3) is 0.316. The van der Waals surface area contributed by atoms with Crippen molar-refractivity contribution in [2.24, 2.45) is 0 Å². The minimum Gasteiger partial charge on any atom is -0.435 e. The summed E-state index contributed by atoms with van der Waals surface area (Å²) >= 11 is 0. The second kappa shape index (κ2) is 8.04. The zero-order valence-corrected chi connectivity index (χ0v) is 15.2. The molecule has 0 spiro atoms. The third kappa shape index (κ3) is 4.63. The highest BCUT2D eigenvalue weighted by Gasteiger charge is 2.30. The quantitative estimate of drug-likeness (QED) is 0.793. The summed E-state index contributed by atoms with van der Waals surface area (Å²) in [5.74, 6) is -0.479. The molecular weight excluding hydrogens is 376 g/mol. The average molecular weight is 395 g/mol. The van der Waals surface area contributed by atoms with E-state index >= 15 is 0 Å². The maximum Gasteiger partial charge on any atom is 0.387 e. The third-order valence-corrected chi connectivity index (χ3v) is 6.80. The van der Waals surface area contributed by atoms with Crippen LogP contribution in [0.15, 0.2) is 53.4 Å². The Morgan fingerprint density at radius 1 is 1.00 bits per heavy atom. The van der Waals surface area contributed by atoms with Gasteiger partial charge in [-0.2, -0.15) is 8.78 Å². The maximum atomic E-state index is 12.5. The highest BCUT2D eigenvalue weighted by Crippen LogP contribution is 2.30. The molecule has 144 valence electrons. The topological polar surface area (TPSA) is 72.5 Å². The molecule has 1 saturated carbocycles. The van der Waals surface area contributed by atoms with E-state index in [-0.39, 0.29) is 21.5 Å². The van der Waals surface area contributed by atoms with E-state index in [0.717, 1.165) is 12.8 Å². The number of ether oxygens (including phenoxy) is 1. The average Bonchev–Trinajstić information content (AvgIpc) is 3.18. The van der Waals surface area contributed by atoms with E-state index in [1.54, 1.807) is 0 Å². The molecule has 0 saturated heterocycles. The number of halogens is 2. The van der Waals surface area contributed by atoms with E-state index in [9.17, 15) is 22.0 Å². The molecule has 1 aliphatic rings. The van der Waals surface area contributed by atoms with Gasteiger partial charge in [-0.3, -0.25) is 4.79 Å². The van der Waals surface area contributed by atoms with Crippen LogP contribution in [-0.2, 0) is 9.84 Å². The molecule has 0 aliphatic heterocycles. The molecule has 2 aromatic carbocycles. The van der Waals surface area contributed by atoms with Gasteiger partial charge in [0.05, 0.1) is 10.1 Å². The standard InChI is InChI=1S/C19H19F2NO4S/c20-19(21)26-15-9-5-13(6-10-15)18(23)22-14-7-11-17(12-8-14)27(24,25)16-3-1-2-4-16/h5-12,16,19H,1-4H2,(H,22,23). The first kappa shape index (κ1) is 19.3. The zero-order valence-electron chi connectivity index (χ0n) is 14.4. The Hall–Kier alpha value is -2.48. The lowest BCUT2D eigenvalue weighted by Crippen LogP contribution is -2.18. The Balaban J connectivity index is 1.66. The van der Waals surface area contributed by atoms with Crippen molar-refractivity contribution >= 4 is 21.4 Å². The number of carbonyl (C=O) groups is 1. The number of carbonyl (C=O) groups excluding carboxylic acids is 1. The molecule has 27 heavy (non-hydrogen) atoms. The summed E-state index contributed by atoms with van der Waals surface area (Å²) in [5.41, 5.74) is 0.706. The molecule has 8 heteroatoms. The predicted octanol–water partition coefficient (Wildman–Crippen LogP) is 4.26. The van der Waals surface area contributed by atoms with E-state index in [1.807, 2.05) is 0 Å². The van der Waals surface area contributed by atoms with Crippen LogP contribution in [0.3, 0.4) is 0 Å². The molecule has 1 aliphatic carbocycles. The lowest BCUT2D eigenvalue weighted by Gasteiger charge is -2.12. The lowest BCUT2D eigenvalue weighted by atomic mass is 10.2. The van der Waals surface area contributed by atoms with Crippen LogP contribution < -0.4 is 10.1 Å². The van der Waals surface area contributed by atoms with Gasteiger partial charge < -0.3 is 10.1 Å². The number of anilines is 1. The molecule has 3 rings (SSSR count). The Labute approximate surface area is 156 Å². The second-order valence-corrected chi connectivity index (χ2v) is 8.56. The van der Waals surface area contributed by atoms with Gasteiger partial charge in [0.25, 0.3) is 5.91 Å². The Kier molecular flexibility index (Phi) is 5.74. The largest absolute Gasteiger partial charge is 0.435 e. The van der Waals surface area contributed by atoms with Gasteiger partial charge in [-0.15, -0.1) is 0 Å². The molecule has 5 nitrogen and oxygen atoms in total. The van der Waals surface area contributed by atoms with Crippen LogP contribution in [0.5, 0.6) is 5.75 Å². The van der Waals surface area contributed by atoms with Crippen LogP contribution >= 0.6 is 0 Å². The van der Waals surface area contributed by atoms with Crippen LogP contribution in [0.2, 0.25) is 0 Å². The number of benzene rings is 2. The molecule has 0 bridgehead atoms. The fourth-order valence-electron chi connectivity index (χ4n) is 3.11. The minimum atomic E-state index is -3.34. The van der Waals surface area contributed by atoms with Crippen molar-refractivity contribution < 1.29 is 26.7 Å². The van der Waals surface area contributed by atoms with Crippen molar-refractivity contribution in [3.05, 3.63) is 54.1 Å². The van der Waals surface area contributed by atoms with E-state index in [4.69, 9.17) is 0 Å². The molecule has 0 heterocycles. The normalized spacial score (nSPS) is 15.1. The summed E-state index contributed by atoms with van der Waals surface area (Å²) in [6.45, 7) is -2.93. The van der Waals surface area contributed by atoms with Crippen LogP contribution in [0, 0.1) is 0 Å². The maximum absolute atomic E-state index is 12.5. The SMILES string of the molecule is O=C(Nc1ccc(S(=O)(=O)C2CCCC2)cc1)c1ccc(OC(F)F)cc1. The number of rotatable bonds is 6. The first-order valence-electron chi connectivity index (χ1n) is 8.56. The summed E-state index contributed by atoms with van der Waals surface area (Å²) in [4.78, 5) is 12.5. The monoisotopic (exact) mass is 395 g/mol. The van der Waals surface area contributed by atoms with E-state index in [2.05, 4.69) is 10.1 Å². The van der Waals surface area contributed by atoms with Gasteiger partial charge in [0.2, 0.25) is 0 Å². The number of nitrogens with one attached hydrogen (secondary N) is 1. The number of alkyl halides is 2. The molecule has 1 fully saturated rings. The highest BCUT2D eigenvalue weighted by atomic mass is 32.2. The smallest absolute Gasteiger partial charge is 0.387 e. The van der Waals surface area contributed by atoms with Gasteiger partial charge in [0.15, 0.2) is 9.84 Å². The van der Waals surface area contributed by atoms with E-state index < -0.39 is 22.4 Å². The Bertz CT molecular complexity index is 890. The molecule has 1 N–H and O–H groups in total. The molecule has 1 amide bonds. The number of amides is 1. The van der Waals surface area contributed by atoms with Gasteiger partial charge in [-0.1, -0.05) is 12.8 Å². The molecule has 0 aromatic heterocycles. The first-order valence-corrected chi connectivity index (χ1v) is 10.1. The Morgan fingerprint density at radius 2 is 1.59 bits per heavy atom. The van der Waals surface area contributed by atoms with E-state index in [1.165, 1.54) is 48.5 Å². The van der Waals surface area contributed by atoms with Crippen molar-refractivity contribution in [3.63, 3.8) is 0 Å².